The SMILES string of the molecule is CC1(CN)CCN(C(=O)c2cc3c(s2)CCCCC3)C1.Cl. The largest absolute Gasteiger partial charge is 0.337 e. The van der Waals surface area contributed by atoms with Crippen molar-refractivity contribution < 1.29 is 4.79 Å². The lowest BCUT2D eigenvalue weighted by Gasteiger charge is -2.22. The van der Waals surface area contributed by atoms with Gasteiger partial charge >= 0.3 is 0 Å². The van der Waals surface area contributed by atoms with Crippen LogP contribution in [-0.2, 0) is 12.8 Å². The van der Waals surface area contributed by atoms with Crippen molar-refractivity contribution in [3.8, 4) is 0 Å². The van der Waals surface area contributed by atoms with Crippen LogP contribution in [0.5, 0.6) is 0 Å². The highest BCUT2D eigenvalue weighted by Gasteiger charge is 2.35. The third kappa shape index (κ3) is 3.43. The molecule has 0 saturated carbocycles. The van der Waals surface area contributed by atoms with Crippen LogP contribution in [0.2, 0.25) is 0 Å². The van der Waals surface area contributed by atoms with E-state index in [-0.39, 0.29) is 23.7 Å². The number of carbonyl (C=O) groups is 1. The van der Waals surface area contributed by atoms with Gasteiger partial charge in [-0.15, -0.1) is 23.7 Å². The Bertz CT molecular complexity index is 493. The molecule has 1 aliphatic heterocycles. The van der Waals surface area contributed by atoms with Crippen molar-refractivity contribution in [2.45, 2.75) is 45.4 Å². The summed E-state index contributed by atoms with van der Waals surface area (Å²) in [6.07, 6.45) is 7.21. The molecule has 1 aromatic rings. The Labute approximate surface area is 137 Å². The smallest absolute Gasteiger partial charge is 0.263 e. The summed E-state index contributed by atoms with van der Waals surface area (Å²) in [7, 11) is 0. The molecule has 0 spiro atoms. The van der Waals surface area contributed by atoms with Crippen molar-refractivity contribution in [1.29, 1.82) is 0 Å². The Morgan fingerprint density at radius 3 is 2.86 bits per heavy atom. The molecule has 118 valence electrons. The summed E-state index contributed by atoms with van der Waals surface area (Å²) in [5.41, 5.74) is 7.37. The number of fused-ring (bicyclic) bond motifs is 1. The highest BCUT2D eigenvalue weighted by atomic mass is 35.5. The highest BCUT2D eigenvalue weighted by Crippen LogP contribution is 2.33. The number of nitrogens with two attached hydrogens (primary N) is 1. The molecule has 0 radical (unpaired) electrons. The first-order valence-electron chi connectivity index (χ1n) is 7.72. The lowest BCUT2D eigenvalue weighted by molar-refractivity contribution is 0.0781. The zero-order valence-electron chi connectivity index (χ0n) is 12.7. The molecule has 21 heavy (non-hydrogen) atoms. The Hall–Kier alpha value is -0.580. The summed E-state index contributed by atoms with van der Waals surface area (Å²) < 4.78 is 0. The fourth-order valence-electron chi connectivity index (χ4n) is 3.29. The monoisotopic (exact) mass is 328 g/mol. The zero-order valence-corrected chi connectivity index (χ0v) is 14.3. The molecule has 3 nitrogen and oxygen atoms in total. The fourth-order valence-corrected chi connectivity index (χ4v) is 4.51. The van der Waals surface area contributed by atoms with Gasteiger partial charge in [-0.1, -0.05) is 13.3 Å². The van der Waals surface area contributed by atoms with Crippen molar-refractivity contribution in [2.24, 2.45) is 11.1 Å². The molecule has 0 bridgehead atoms. The number of amides is 1. The maximum Gasteiger partial charge on any atom is 0.263 e. The van der Waals surface area contributed by atoms with Crippen molar-refractivity contribution in [1.82, 2.24) is 4.90 Å². The number of hydrogen-bond acceptors (Lipinski definition) is 3. The Balaban J connectivity index is 0.00000161. The Morgan fingerprint density at radius 1 is 1.38 bits per heavy atom. The van der Waals surface area contributed by atoms with Gasteiger partial charge in [0.25, 0.3) is 5.91 Å². The van der Waals surface area contributed by atoms with E-state index in [0.717, 1.165) is 37.2 Å². The summed E-state index contributed by atoms with van der Waals surface area (Å²) in [5, 5.41) is 0. The summed E-state index contributed by atoms with van der Waals surface area (Å²) in [6, 6.07) is 2.16. The van der Waals surface area contributed by atoms with Crippen LogP contribution in [0.4, 0.5) is 0 Å². The van der Waals surface area contributed by atoms with Gasteiger partial charge in [0.15, 0.2) is 0 Å². The normalized spacial score (nSPS) is 25.1. The van der Waals surface area contributed by atoms with Crippen LogP contribution in [0.25, 0.3) is 0 Å². The first-order chi connectivity index (χ1) is 9.61. The van der Waals surface area contributed by atoms with Gasteiger partial charge in [0, 0.05) is 18.0 Å². The second kappa shape index (κ2) is 6.67. The topological polar surface area (TPSA) is 46.3 Å². The minimum atomic E-state index is 0. The molecule has 0 aromatic carbocycles. The highest BCUT2D eigenvalue weighted by molar-refractivity contribution is 7.14. The van der Waals surface area contributed by atoms with E-state index in [0.29, 0.717) is 6.54 Å². The summed E-state index contributed by atoms with van der Waals surface area (Å²) in [4.78, 5) is 17.0. The number of rotatable bonds is 2. The first kappa shape index (κ1) is 16.8. The van der Waals surface area contributed by atoms with Gasteiger partial charge in [-0.3, -0.25) is 4.79 Å². The minimum absolute atomic E-state index is 0. The van der Waals surface area contributed by atoms with Crippen LogP contribution >= 0.6 is 23.7 Å². The van der Waals surface area contributed by atoms with E-state index in [9.17, 15) is 4.79 Å². The van der Waals surface area contributed by atoms with Gasteiger partial charge in [-0.05, 0) is 55.7 Å². The number of carbonyl (C=O) groups excluding carboxylic acids is 1. The number of hydrogen-bond donors (Lipinski definition) is 1. The van der Waals surface area contributed by atoms with Crippen LogP contribution in [0.1, 0.15) is 52.7 Å². The van der Waals surface area contributed by atoms with Crippen LogP contribution in [0, 0.1) is 5.41 Å². The molecule has 1 aromatic heterocycles. The quantitative estimate of drug-likeness (QED) is 0.847. The third-order valence-electron chi connectivity index (χ3n) is 4.80. The molecule has 1 unspecified atom stereocenters. The molecule has 1 aliphatic carbocycles. The van der Waals surface area contributed by atoms with E-state index in [2.05, 4.69) is 13.0 Å². The van der Waals surface area contributed by atoms with Crippen molar-refractivity contribution >= 4 is 29.7 Å². The minimum Gasteiger partial charge on any atom is -0.337 e. The average Bonchev–Trinajstić information content (AvgIpc) is 2.97. The number of halogens is 1. The molecule has 3 rings (SSSR count). The van der Waals surface area contributed by atoms with Crippen molar-refractivity contribution in [3.05, 3.63) is 21.4 Å². The summed E-state index contributed by atoms with van der Waals surface area (Å²) >= 11 is 1.73. The van der Waals surface area contributed by atoms with Gasteiger partial charge in [-0.2, -0.15) is 0 Å². The summed E-state index contributed by atoms with van der Waals surface area (Å²) in [6.45, 7) is 4.52. The average molecular weight is 329 g/mol. The maximum atomic E-state index is 12.6. The molecule has 1 saturated heterocycles. The predicted molar refractivity (Wildman–Crippen MR) is 90.5 cm³/mol. The molecule has 2 N–H and O–H groups in total. The number of aryl methyl sites for hydroxylation is 2. The molecule has 1 fully saturated rings. The van der Waals surface area contributed by atoms with Crippen molar-refractivity contribution in [3.63, 3.8) is 0 Å². The first-order valence-corrected chi connectivity index (χ1v) is 8.54. The molecule has 5 heteroatoms. The third-order valence-corrected chi connectivity index (χ3v) is 6.02. The molecule has 2 heterocycles. The van der Waals surface area contributed by atoms with Gasteiger partial charge in [0.2, 0.25) is 0 Å². The van der Waals surface area contributed by atoms with E-state index in [4.69, 9.17) is 5.73 Å². The van der Waals surface area contributed by atoms with Crippen molar-refractivity contribution in [2.75, 3.05) is 19.6 Å². The molecule has 1 amide bonds. The number of nitrogens with zero attached hydrogens (tertiary/aromatic N) is 1. The van der Waals surface area contributed by atoms with Crippen LogP contribution < -0.4 is 5.73 Å². The maximum absolute atomic E-state index is 12.6. The Kier molecular flexibility index (Phi) is 5.33. The van der Waals surface area contributed by atoms with Crippen LogP contribution in [0.3, 0.4) is 0 Å². The molecular weight excluding hydrogens is 304 g/mol. The lowest BCUT2D eigenvalue weighted by Crippen LogP contribution is -2.34. The van der Waals surface area contributed by atoms with Crippen LogP contribution in [-0.4, -0.2) is 30.4 Å². The second-order valence-electron chi connectivity index (χ2n) is 6.61. The van der Waals surface area contributed by atoms with Gasteiger partial charge in [-0.25, -0.2) is 0 Å². The van der Waals surface area contributed by atoms with Gasteiger partial charge < -0.3 is 10.6 Å². The molecule has 1 atom stereocenters. The number of likely N-dealkylation sites (tertiary alicyclic amines) is 1. The van der Waals surface area contributed by atoms with Gasteiger partial charge in [0.05, 0.1) is 4.88 Å². The van der Waals surface area contributed by atoms with E-state index in [1.807, 2.05) is 4.90 Å². The number of thiophene rings is 1. The second-order valence-corrected chi connectivity index (χ2v) is 7.75. The van der Waals surface area contributed by atoms with E-state index in [1.165, 1.54) is 29.7 Å². The van der Waals surface area contributed by atoms with E-state index < -0.39 is 0 Å². The van der Waals surface area contributed by atoms with E-state index >= 15 is 0 Å². The molecule has 2 aliphatic rings. The molecular formula is C16H25ClN2OS. The van der Waals surface area contributed by atoms with Crippen LogP contribution in [0.15, 0.2) is 6.07 Å². The lowest BCUT2D eigenvalue weighted by atomic mass is 9.90. The zero-order chi connectivity index (χ0) is 14.2. The van der Waals surface area contributed by atoms with E-state index in [1.54, 1.807) is 11.3 Å². The standard InChI is InChI=1S/C16H24N2OS.ClH/c1-16(10-17)7-8-18(11-16)15(19)14-9-12-5-3-2-4-6-13(12)20-14;/h9H,2-8,10-11,17H2,1H3;1H. The Morgan fingerprint density at radius 2 is 2.14 bits per heavy atom. The van der Waals surface area contributed by atoms with Gasteiger partial charge in [0.1, 0.15) is 0 Å². The summed E-state index contributed by atoms with van der Waals surface area (Å²) in [5.74, 6) is 0.222. The fraction of sp³-hybridized carbons (Fsp3) is 0.688. The predicted octanol–water partition coefficient (Wildman–Crippen LogP) is 3.25.